The normalized spacial score (nSPS) is 20.8. The quantitative estimate of drug-likeness (QED) is 0.217. The van der Waals surface area contributed by atoms with E-state index in [1.165, 1.54) is 29.3 Å². The van der Waals surface area contributed by atoms with Crippen LogP contribution in [0.1, 0.15) is 58.1 Å². The average Bonchev–Trinajstić information content (AvgIpc) is 3.16. The molecule has 3 aliphatic rings. The number of alkyl halides is 3. The number of piperazine rings is 1. The number of hydrogen-bond acceptors (Lipinski definition) is 5. The number of amides is 1. The number of aryl methyl sites for hydroxylation is 1. The van der Waals surface area contributed by atoms with Gasteiger partial charge >= 0.3 is 11.9 Å². The van der Waals surface area contributed by atoms with Crippen LogP contribution in [0, 0.1) is 24.0 Å². The maximum Gasteiger partial charge on any atom is 0.417 e. The zero-order chi connectivity index (χ0) is 33.0. The Morgan fingerprint density at radius 1 is 1.09 bits per heavy atom. The molecule has 45 heavy (non-hydrogen) atoms. The topological polar surface area (TPSA) is 58.4 Å². The molecule has 2 aromatic carbocycles. The summed E-state index contributed by atoms with van der Waals surface area (Å²) < 4.78 is 75.9. The van der Waals surface area contributed by atoms with E-state index in [0.29, 0.717) is 18.4 Å². The second kappa shape index (κ2) is 12.1. The van der Waals surface area contributed by atoms with Crippen LogP contribution in [0.5, 0.6) is 0 Å². The van der Waals surface area contributed by atoms with Gasteiger partial charge < -0.3 is 9.80 Å². The SMILES string of the molecule is C=CC(=O)N1C(C)CN(c2nc(=O)n3c4c(c(-c5cc(C)c(F)cc5F)c(C(F)(F)F)cc24)SCC2(CCC2)C3)CC1C.CC. The molecule has 1 aliphatic carbocycles. The van der Waals surface area contributed by atoms with Gasteiger partial charge in [0, 0.05) is 64.9 Å². The highest BCUT2D eigenvalue weighted by atomic mass is 32.2. The minimum Gasteiger partial charge on any atom is -0.352 e. The Hall–Kier alpha value is -3.41. The first-order chi connectivity index (χ1) is 21.2. The monoisotopic (exact) mass is 648 g/mol. The Bertz CT molecular complexity index is 1720. The summed E-state index contributed by atoms with van der Waals surface area (Å²) in [5.41, 5.74) is -2.44. The van der Waals surface area contributed by atoms with Crippen LogP contribution in [-0.4, -0.2) is 51.3 Å². The van der Waals surface area contributed by atoms with Gasteiger partial charge in [0.05, 0.1) is 11.1 Å². The first kappa shape index (κ1) is 33.0. The molecule has 3 heterocycles. The first-order valence-electron chi connectivity index (χ1n) is 15.2. The number of carbonyl (C=O) groups excluding carboxylic acids is 1. The minimum absolute atomic E-state index is 0.00799. The molecule has 2 aliphatic heterocycles. The van der Waals surface area contributed by atoms with Crippen LogP contribution in [0.15, 0.2) is 40.5 Å². The molecular formula is C33H37F5N4O2S. The van der Waals surface area contributed by atoms with Crippen molar-refractivity contribution >= 4 is 34.4 Å². The number of hydrogen-bond donors (Lipinski definition) is 0. The van der Waals surface area contributed by atoms with Crippen molar-refractivity contribution in [3.63, 3.8) is 0 Å². The van der Waals surface area contributed by atoms with E-state index in [2.05, 4.69) is 11.6 Å². The minimum atomic E-state index is -4.90. The van der Waals surface area contributed by atoms with Crippen LogP contribution < -0.4 is 10.6 Å². The molecule has 1 saturated heterocycles. The molecule has 2 atom stereocenters. The Balaban J connectivity index is 0.00000196. The highest BCUT2D eigenvalue weighted by Crippen LogP contribution is 2.54. The van der Waals surface area contributed by atoms with Gasteiger partial charge in [-0.15, -0.1) is 11.8 Å². The Morgan fingerprint density at radius 2 is 1.73 bits per heavy atom. The van der Waals surface area contributed by atoms with E-state index in [9.17, 15) is 27.2 Å². The molecule has 6 nitrogen and oxygen atoms in total. The predicted molar refractivity (Wildman–Crippen MR) is 168 cm³/mol. The predicted octanol–water partition coefficient (Wildman–Crippen LogP) is 7.58. The summed E-state index contributed by atoms with van der Waals surface area (Å²) in [5.74, 6) is -1.68. The van der Waals surface area contributed by atoms with Crippen molar-refractivity contribution in [2.75, 3.05) is 23.7 Å². The van der Waals surface area contributed by atoms with E-state index in [-0.39, 0.29) is 69.2 Å². The van der Waals surface area contributed by atoms with Crippen LogP contribution >= 0.6 is 11.8 Å². The van der Waals surface area contributed by atoms with Crippen molar-refractivity contribution in [3.05, 3.63) is 64.1 Å². The molecule has 12 heteroatoms. The zero-order valence-corrected chi connectivity index (χ0v) is 26.8. The van der Waals surface area contributed by atoms with E-state index in [0.717, 1.165) is 31.4 Å². The van der Waals surface area contributed by atoms with Crippen LogP contribution in [0.2, 0.25) is 0 Å². The fraction of sp³-hybridized carbons (Fsp3) is 0.485. The van der Waals surface area contributed by atoms with Crippen molar-refractivity contribution in [1.29, 1.82) is 0 Å². The number of thioether (sulfide) groups is 1. The van der Waals surface area contributed by atoms with Crippen molar-refractivity contribution in [2.45, 2.75) is 83.6 Å². The first-order valence-corrected chi connectivity index (χ1v) is 16.2. The summed E-state index contributed by atoms with van der Waals surface area (Å²) in [4.78, 5) is 34.2. The van der Waals surface area contributed by atoms with Gasteiger partial charge in [0.15, 0.2) is 0 Å². The van der Waals surface area contributed by atoms with Gasteiger partial charge in [-0.3, -0.25) is 9.36 Å². The van der Waals surface area contributed by atoms with E-state index in [1.54, 1.807) is 9.80 Å². The van der Waals surface area contributed by atoms with Crippen molar-refractivity contribution in [2.24, 2.45) is 5.41 Å². The van der Waals surface area contributed by atoms with Gasteiger partial charge in [0.2, 0.25) is 5.91 Å². The van der Waals surface area contributed by atoms with E-state index < -0.39 is 34.6 Å². The second-order valence-corrected chi connectivity index (χ2v) is 13.1. The van der Waals surface area contributed by atoms with Crippen LogP contribution in [0.4, 0.5) is 27.8 Å². The van der Waals surface area contributed by atoms with Crippen LogP contribution in [0.3, 0.4) is 0 Å². The fourth-order valence-corrected chi connectivity index (χ4v) is 8.43. The highest BCUT2D eigenvalue weighted by molar-refractivity contribution is 7.99. The molecule has 242 valence electrons. The van der Waals surface area contributed by atoms with E-state index in [1.807, 2.05) is 27.7 Å². The van der Waals surface area contributed by atoms with Crippen molar-refractivity contribution in [1.82, 2.24) is 14.5 Å². The van der Waals surface area contributed by atoms with E-state index in [4.69, 9.17) is 0 Å². The van der Waals surface area contributed by atoms with Crippen LogP contribution in [0.25, 0.3) is 22.0 Å². The van der Waals surface area contributed by atoms with Gasteiger partial charge in [-0.05, 0) is 62.8 Å². The number of benzene rings is 2. The standard InChI is InChI=1S/C31H31F5N4O2S.C2H6/c1-5-24(41)40-17(3)12-38(13-18(40)4)28-20-10-21(31(34,35)36)25(19-9-16(2)22(32)11-23(19)33)27-26(20)39(29(42)37-28)14-30(15-43-27)7-6-8-30;1-2/h5,9-11,17-18H,1,6-8,12-15H2,2-4H3;1-2H3. The number of nitrogens with zero attached hydrogens (tertiary/aromatic N) is 4. The lowest BCUT2D eigenvalue weighted by molar-refractivity contribution is -0.137. The number of halogens is 5. The van der Waals surface area contributed by atoms with Gasteiger partial charge in [-0.1, -0.05) is 26.8 Å². The lowest BCUT2D eigenvalue weighted by Gasteiger charge is -2.45. The molecule has 1 saturated carbocycles. The molecule has 6 rings (SSSR count). The summed E-state index contributed by atoms with van der Waals surface area (Å²) in [5, 5.41) is 0.136. The van der Waals surface area contributed by atoms with Gasteiger partial charge in [0.1, 0.15) is 17.5 Å². The molecule has 3 aromatic rings. The molecule has 0 radical (unpaired) electrons. The van der Waals surface area contributed by atoms with Gasteiger partial charge in [-0.25, -0.2) is 13.6 Å². The molecule has 2 unspecified atom stereocenters. The zero-order valence-electron chi connectivity index (χ0n) is 26.0. The molecule has 1 aromatic heterocycles. The summed E-state index contributed by atoms with van der Waals surface area (Å²) in [6, 6.07) is 1.99. The lowest BCUT2D eigenvalue weighted by atomic mass is 9.70. The number of anilines is 1. The second-order valence-electron chi connectivity index (χ2n) is 12.1. The van der Waals surface area contributed by atoms with Crippen LogP contribution in [-0.2, 0) is 17.5 Å². The number of aromatic nitrogens is 2. The molecular weight excluding hydrogens is 611 g/mol. The van der Waals surface area contributed by atoms with Crippen molar-refractivity contribution < 1.29 is 26.7 Å². The average molecular weight is 649 g/mol. The largest absolute Gasteiger partial charge is 0.417 e. The summed E-state index contributed by atoms with van der Waals surface area (Å²) in [6.07, 6.45) is -1.12. The number of rotatable bonds is 3. The maximum absolute atomic E-state index is 15.4. The summed E-state index contributed by atoms with van der Waals surface area (Å²) in [6.45, 7) is 13.3. The summed E-state index contributed by atoms with van der Waals surface area (Å²) in [7, 11) is 0. The summed E-state index contributed by atoms with van der Waals surface area (Å²) >= 11 is 1.20. The Kier molecular flexibility index (Phi) is 8.85. The Morgan fingerprint density at radius 3 is 2.29 bits per heavy atom. The number of carbonyl (C=O) groups is 1. The van der Waals surface area contributed by atoms with Gasteiger partial charge in [0.25, 0.3) is 0 Å². The smallest absolute Gasteiger partial charge is 0.352 e. The Labute approximate surface area is 263 Å². The molecule has 2 fully saturated rings. The van der Waals surface area contributed by atoms with Crippen molar-refractivity contribution in [3.8, 4) is 11.1 Å². The molecule has 0 N–H and O–H groups in total. The van der Waals surface area contributed by atoms with Gasteiger partial charge in [-0.2, -0.15) is 18.2 Å². The fourth-order valence-electron chi connectivity index (χ4n) is 6.88. The third-order valence-electron chi connectivity index (χ3n) is 9.10. The maximum atomic E-state index is 15.4. The third kappa shape index (κ3) is 5.63. The van der Waals surface area contributed by atoms with E-state index >= 15 is 4.39 Å². The molecule has 1 spiro atoms. The molecule has 0 bridgehead atoms. The lowest BCUT2D eigenvalue weighted by Crippen LogP contribution is -2.58. The molecule has 1 amide bonds. The third-order valence-corrected chi connectivity index (χ3v) is 10.5. The highest BCUT2D eigenvalue weighted by Gasteiger charge is 2.44.